The standard InChI is InChI=1S/C21H35N5.2ClH.Mn/c1-3-10-20-18(8-1)22-12-13-23-19-9-2-4-11-21(19)25-15-17-7-5-6-16(26-17)14-24-20;;;/h5-7,18-25H,1-4,8-15H2;2*1H;/q;;;+2/p-2/t18-,19-,20-,21-;;;/m1.../s1. The van der Waals surface area contributed by atoms with Crippen LogP contribution in [0.25, 0.3) is 0 Å². The molecule has 1 aromatic rings. The molecular weight excluding hydrogens is 448 g/mol. The third-order valence-corrected chi connectivity index (χ3v) is 6.43. The first-order valence-corrected chi connectivity index (χ1v) is 10.8. The van der Waals surface area contributed by atoms with Crippen molar-refractivity contribution in [1.82, 2.24) is 26.3 Å². The molecule has 4 rings (SSSR count). The smallest absolute Gasteiger partial charge is 1.00 e. The number of fused-ring (bicyclic) bond motifs is 4. The first-order chi connectivity index (χ1) is 12.9. The second-order valence-corrected chi connectivity index (χ2v) is 8.29. The van der Waals surface area contributed by atoms with E-state index in [1.807, 2.05) is 0 Å². The number of rotatable bonds is 0. The maximum absolute atomic E-state index is 4.89. The Balaban J connectivity index is 0.00000140. The molecule has 0 unspecified atom stereocenters. The van der Waals surface area contributed by atoms with E-state index >= 15 is 0 Å². The summed E-state index contributed by atoms with van der Waals surface area (Å²) in [7, 11) is 0. The third kappa shape index (κ3) is 7.93. The zero-order valence-electron chi connectivity index (χ0n) is 17.1. The average Bonchev–Trinajstić information content (AvgIpc) is 2.69. The Morgan fingerprint density at radius 2 is 1.00 bits per heavy atom. The fourth-order valence-corrected chi connectivity index (χ4v) is 4.95. The molecule has 5 nitrogen and oxygen atoms in total. The molecule has 0 saturated heterocycles. The monoisotopic (exact) mass is 482 g/mol. The van der Waals surface area contributed by atoms with Crippen molar-refractivity contribution in [3.05, 3.63) is 29.6 Å². The number of nitrogens with zero attached hydrogens (tertiary/aromatic N) is 1. The number of hydrogen-bond donors (Lipinski definition) is 4. The van der Waals surface area contributed by atoms with Gasteiger partial charge in [0.1, 0.15) is 0 Å². The SMILES string of the molecule is [Cl-].[Cl-].[Mn+2].c1cc2nc(c1)CN[C@@H]1CCCC[C@H]1NCCN[C@@H]1CCCC[C@H]1NC2. The zero-order valence-corrected chi connectivity index (χ0v) is 19.8. The molecule has 3 aliphatic rings. The van der Waals surface area contributed by atoms with E-state index in [1.54, 1.807) is 0 Å². The minimum Gasteiger partial charge on any atom is -1.00 e. The Labute approximate surface area is 199 Å². The Morgan fingerprint density at radius 3 is 1.41 bits per heavy atom. The van der Waals surface area contributed by atoms with Gasteiger partial charge in [-0.15, -0.1) is 0 Å². The minimum atomic E-state index is 0. The molecule has 2 fully saturated rings. The fourth-order valence-electron chi connectivity index (χ4n) is 4.95. The first kappa shape index (κ1) is 27.1. The molecule has 29 heavy (non-hydrogen) atoms. The van der Waals surface area contributed by atoms with E-state index in [1.165, 1.54) is 62.8 Å². The molecule has 165 valence electrons. The van der Waals surface area contributed by atoms with E-state index in [9.17, 15) is 0 Å². The molecule has 2 aliphatic carbocycles. The normalized spacial score (nSPS) is 30.5. The fraction of sp³-hybridized carbons (Fsp3) is 0.762. The Morgan fingerprint density at radius 1 is 0.621 bits per heavy atom. The van der Waals surface area contributed by atoms with Crippen LogP contribution in [0, 0.1) is 0 Å². The van der Waals surface area contributed by atoms with Crippen LogP contribution >= 0.6 is 0 Å². The van der Waals surface area contributed by atoms with Crippen molar-refractivity contribution in [1.29, 1.82) is 0 Å². The Hall–Kier alpha value is 0.0895. The van der Waals surface area contributed by atoms with Crippen LogP contribution in [0.1, 0.15) is 62.8 Å². The third-order valence-electron chi connectivity index (χ3n) is 6.43. The quantitative estimate of drug-likeness (QED) is 0.285. The zero-order chi connectivity index (χ0) is 17.6. The van der Waals surface area contributed by atoms with Gasteiger partial charge >= 0.3 is 17.1 Å². The Kier molecular flexibility index (Phi) is 13.3. The maximum Gasteiger partial charge on any atom is 2.00 e. The van der Waals surface area contributed by atoms with Crippen LogP contribution in [0.5, 0.6) is 0 Å². The summed E-state index contributed by atoms with van der Waals surface area (Å²) in [6, 6.07) is 8.81. The van der Waals surface area contributed by atoms with Crippen molar-refractivity contribution >= 4 is 0 Å². The summed E-state index contributed by atoms with van der Waals surface area (Å²) in [5.74, 6) is 0. The van der Waals surface area contributed by atoms with Gasteiger partial charge in [0.25, 0.3) is 0 Å². The van der Waals surface area contributed by atoms with Gasteiger partial charge in [0.15, 0.2) is 0 Å². The van der Waals surface area contributed by atoms with Crippen molar-refractivity contribution in [2.45, 2.75) is 88.6 Å². The predicted molar refractivity (Wildman–Crippen MR) is 106 cm³/mol. The van der Waals surface area contributed by atoms with Gasteiger partial charge in [0.05, 0.1) is 11.4 Å². The summed E-state index contributed by atoms with van der Waals surface area (Å²) in [6.45, 7) is 3.89. The molecule has 2 saturated carbocycles. The molecule has 0 aromatic carbocycles. The summed E-state index contributed by atoms with van der Waals surface area (Å²) in [5, 5.41) is 15.2. The molecule has 2 heterocycles. The summed E-state index contributed by atoms with van der Waals surface area (Å²) < 4.78 is 0. The molecule has 0 spiro atoms. The average molecular weight is 483 g/mol. The minimum absolute atomic E-state index is 0. The van der Waals surface area contributed by atoms with Crippen LogP contribution < -0.4 is 46.1 Å². The Bertz CT molecular complexity index is 535. The van der Waals surface area contributed by atoms with E-state index < -0.39 is 0 Å². The largest absolute Gasteiger partial charge is 2.00 e. The molecule has 1 aromatic heterocycles. The van der Waals surface area contributed by atoms with E-state index in [-0.39, 0.29) is 41.9 Å². The number of halogens is 2. The van der Waals surface area contributed by atoms with Crippen LogP contribution in [0.2, 0.25) is 0 Å². The molecule has 0 amide bonds. The molecule has 4 N–H and O–H groups in total. The van der Waals surface area contributed by atoms with E-state index in [2.05, 4.69) is 39.5 Å². The molecule has 2 bridgehead atoms. The van der Waals surface area contributed by atoms with Gasteiger partial charge in [-0.2, -0.15) is 0 Å². The number of hydrogen-bond acceptors (Lipinski definition) is 5. The number of aromatic nitrogens is 1. The van der Waals surface area contributed by atoms with E-state index in [0.717, 1.165) is 26.2 Å². The van der Waals surface area contributed by atoms with E-state index in [4.69, 9.17) is 4.98 Å². The van der Waals surface area contributed by atoms with Gasteiger partial charge in [0.2, 0.25) is 0 Å². The van der Waals surface area contributed by atoms with Gasteiger partial charge in [0, 0.05) is 50.3 Å². The molecule has 8 heteroatoms. The van der Waals surface area contributed by atoms with Crippen molar-refractivity contribution in [3.8, 4) is 0 Å². The molecule has 1 radical (unpaired) electrons. The summed E-state index contributed by atoms with van der Waals surface area (Å²) in [6.07, 6.45) is 10.5. The first-order valence-electron chi connectivity index (χ1n) is 10.8. The summed E-state index contributed by atoms with van der Waals surface area (Å²) >= 11 is 0. The molecular formula is C21H35Cl2MnN5. The van der Waals surface area contributed by atoms with Crippen LogP contribution in [0.3, 0.4) is 0 Å². The van der Waals surface area contributed by atoms with Crippen molar-refractivity contribution in [3.63, 3.8) is 0 Å². The van der Waals surface area contributed by atoms with Crippen molar-refractivity contribution in [2.24, 2.45) is 0 Å². The van der Waals surface area contributed by atoms with Crippen LogP contribution in [0.15, 0.2) is 18.2 Å². The van der Waals surface area contributed by atoms with Gasteiger partial charge in [-0.05, 0) is 37.8 Å². The van der Waals surface area contributed by atoms with Gasteiger partial charge in [-0.3, -0.25) is 4.98 Å². The second-order valence-electron chi connectivity index (χ2n) is 8.29. The second kappa shape index (κ2) is 14.2. The van der Waals surface area contributed by atoms with Gasteiger partial charge < -0.3 is 46.1 Å². The number of pyridine rings is 1. The van der Waals surface area contributed by atoms with Gasteiger partial charge in [-0.1, -0.05) is 31.7 Å². The predicted octanol–water partition coefficient (Wildman–Crippen LogP) is -3.92. The summed E-state index contributed by atoms with van der Waals surface area (Å²) in [5.41, 5.74) is 2.34. The van der Waals surface area contributed by atoms with Crippen LogP contribution in [-0.2, 0) is 30.2 Å². The summed E-state index contributed by atoms with van der Waals surface area (Å²) in [4.78, 5) is 4.89. The van der Waals surface area contributed by atoms with Crippen LogP contribution in [0.4, 0.5) is 0 Å². The van der Waals surface area contributed by atoms with Crippen molar-refractivity contribution in [2.75, 3.05) is 13.1 Å². The van der Waals surface area contributed by atoms with Gasteiger partial charge in [-0.25, -0.2) is 0 Å². The van der Waals surface area contributed by atoms with Crippen molar-refractivity contribution < 1.29 is 41.9 Å². The van der Waals surface area contributed by atoms with E-state index in [0.29, 0.717) is 24.2 Å². The maximum atomic E-state index is 4.89. The number of nitrogens with one attached hydrogen (secondary N) is 4. The molecule has 1 aliphatic heterocycles. The topological polar surface area (TPSA) is 61.0 Å². The van der Waals surface area contributed by atoms with Crippen LogP contribution in [-0.4, -0.2) is 42.2 Å². The molecule has 4 atom stereocenters.